The lowest BCUT2D eigenvalue weighted by atomic mass is 9.67. The van der Waals surface area contributed by atoms with Crippen molar-refractivity contribution in [1.29, 1.82) is 0 Å². The smallest absolute Gasteiger partial charge is 0.202 e. The lowest BCUT2D eigenvalue weighted by molar-refractivity contribution is 0.160. The number of anilines is 1. The molecular weight excluding hydrogens is 182 g/mol. The van der Waals surface area contributed by atoms with Crippen molar-refractivity contribution in [1.82, 2.24) is 9.36 Å². The summed E-state index contributed by atoms with van der Waals surface area (Å²) in [6.07, 6.45) is 2.56. The van der Waals surface area contributed by atoms with E-state index in [4.69, 9.17) is 0 Å². The van der Waals surface area contributed by atoms with Crippen LogP contribution in [0.1, 0.15) is 32.5 Å². The first kappa shape index (κ1) is 8.94. The monoisotopic (exact) mass is 197 g/mol. The van der Waals surface area contributed by atoms with Crippen LogP contribution in [0, 0.1) is 12.3 Å². The van der Waals surface area contributed by atoms with Crippen molar-refractivity contribution >= 4 is 16.7 Å². The second-order valence-corrected chi connectivity index (χ2v) is 5.12. The minimum atomic E-state index is 0.430. The molecule has 72 valence electrons. The average molecular weight is 197 g/mol. The van der Waals surface area contributed by atoms with Gasteiger partial charge in [0.05, 0.1) is 0 Å². The van der Waals surface area contributed by atoms with E-state index in [1.54, 1.807) is 0 Å². The van der Waals surface area contributed by atoms with Crippen LogP contribution in [-0.4, -0.2) is 15.4 Å². The van der Waals surface area contributed by atoms with Crippen LogP contribution in [0.4, 0.5) is 5.13 Å². The molecule has 4 heteroatoms. The van der Waals surface area contributed by atoms with Crippen LogP contribution in [0.15, 0.2) is 0 Å². The molecule has 0 radical (unpaired) electrons. The Morgan fingerprint density at radius 1 is 1.54 bits per heavy atom. The molecule has 1 heterocycles. The summed E-state index contributed by atoms with van der Waals surface area (Å²) in [6, 6.07) is 0.583. The standard InChI is InChI=1S/C9H15N3S/c1-6-10-8(13-12-6)11-7-4-5-9(7,2)3/h7H,4-5H2,1-3H3,(H,10,11,12). The predicted octanol–water partition coefficient (Wildman–Crippen LogP) is 2.45. The molecule has 0 bridgehead atoms. The Bertz CT molecular complexity index is 306. The molecule has 1 fully saturated rings. The average Bonchev–Trinajstić information content (AvgIpc) is 2.46. The van der Waals surface area contributed by atoms with Crippen LogP contribution in [0.2, 0.25) is 0 Å². The number of aryl methyl sites for hydroxylation is 1. The second-order valence-electron chi connectivity index (χ2n) is 4.37. The third-order valence-electron chi connectivity index (χ3n) is 2.85. The lowest BCUT2D eigenvalue weighted by Crippen LogP contribution is -2.45. The number of rotatable bonds is 2. The molecule has 1 aromatic heterocycles. The van der Waals surface area contributed by atoms with Gasteiger partial charge in [-0.2, -0.15) is 4.37 Å². The molecule has 0 spiro atoms. The fourth-order valence-corrected chi connectivity index (χ4v) is 2.27. The molecule has 3 nitrogen and oxygen atoms in total. The van der Waals surface area contributed by atoms with Crippen LogP contribution < -0.4 is 5.32 Å². The molecule has 1 atom stereocenters. The zero-order valence-electron chi connectivity index (χ0n) is 8.29. The highest BCUT2D eigenvalue weighted by Crippen LogP contribution is 2.41. The zero-order chi connectivity index (χ0) is 9.47. The number of hydrogen-bond donors (Lipinski definition) is 1. The molecule has 1 N–H and O–H groups in total. The van der Waals surface area contributed by atoms with Crippen molar-refractivity contribution in [2.45, 2.75) is 39.7 Å². The quantitative estimate of drug-likeness (QED) is 0.791. The maximum atomic E-state index is 4.29. The first-order valence-corrected chi connectivity index (χ1v) is 5.42. The molecule has 0 saturated heterocycles. The fourth-order valence-electron chi connectivity index (χ4n) is 1.64. The summed E-state index contributed by atoms with van der Waals surface area (Å²) in [6.45, 7) is 6.51. The zero-order valence-corrected chi connectivity index (χ0v) is 9.11. The second kappa shape index (κ2) is 2.94. The molecule has 2 rings (SSSR count). The Kier molecular flexibility index (Phi) is 2.02. The Balaban J connectivity index is 1.99. The third-order valence-corrected chi connectivity index (χ3v) is 3.58. The van der Waals surface area contributed by atoms with Gasteiger partial charge in [0, 0.05) is 17.6 Å². The topological polar surface area (TPSA) is 37.8 Å². The van der Waals surface area contributed by atoms with Crippen molar-refractivity contribution in [2.24, 2.45) is 5.41 Å². The van der Waals surface area contributed by atoms with E-state index in [-0.39, 0.29) is 0 Å². The minimum Gasteiger partial charge on any atom is -0.357 e. The molecule has 0 aromatic carbocycles. The first-order valence-electron chi connectivity index (χ1n) is 4.65. The van der Waals surface area contributed by atoms with E-state index in [2.05, 4.69) is 28.5 Å². The number of nitrogens with zero attached hydrogens (tertiary/aromatic N) is 2. The van der Waals surface area contributed by atoms with Crippen LogP contribution in [0.25, 0.3) is 0 Å². The Morgan fingerprint density at radius 3 is 2.69 bits per heavy atom. The molecule has 1 aliphatic rings. The molecule has 13 heavy (non-hydrogen) atoms. The normalized spacial score (nSPS) is 25.3. The van der Waals surface area contributed by atoms with Crippen molar-refractivity contribution < 1.29 is 0 Å². The summed E-state index contributed by atoms with van der Waals surface area (Å²) < 4.78 is 4.14. The van der Waals surface area contributed by atoms with Gasteiger partial charge < -0.3 is 5.32 Å². The van der Waals surface area contributed by atoms with E-state index in [1.807, 2.05) is 6.92 Å². The van der Waals surface area contributed by atoms with E-state index in [1.165, 1.54) is 24.4 Å². The Morgan fingerprint density at radius 2 is 2.31 bits per heavy atom. The lowest BCUT2D eigenvalue weighted by Gasteiger charge is -2.44. The Hall–Kier alpha value is -0.640. The van der Waals surface area contributed by atoms with Gasteiger partial charge in [-0.25, -0.2) is 4.98 Å². The minimum absolute atomic E-state index is 0.430. The van der Waals surface area contributed by atoms with Crippen LogP contribution >= 0.6 is 11.5 Å². The fraction of sp³-hybridized carbons (Fsp3) is 0.778. The summed E-state index contributed by atoms with van der Waals surface area (Å²) in [5.41, 5.74) is 0.430. The van der Waals surface area contributed by atoms with Crippen LogP contribution in [0.3, 0.4) is 0 Å². The van der Waals surface area contributed by atoms with Gasteiger partial charge in [-0.1, -0.05) is 13.8 Å². The third kappa shape index (κ3) is 1.68. The van der Waals surface area contributed by atoms with Gasteiger partial charge in [0.2, 0.25) is 5.13 Å². The Labute approximate surface area is 82.8 Å². The van der Waals surface area contributed by atoms with Gasteiger partial charge in [0.25, 0.3) is 0 Å². The molecule has 1 aromatic rings. The van der Waals surface area contributed by atoms with Gasteiger partial charge in [-0.15, -0.1) is 0 Å². The van der Waals surface area contributed by atoms with E-state index in [9.17, 15) is 0 Å². The summed E-state index contributed by atoms with van der Waals surface area (Å²) in [5, 5.41) is 4.40. The van der Waals surface area contributed by atoms with Gasteiger partial charge in [-0.05, 0) is 25.2 Å². The van der Waals surface area contributed by atoms with Crippen molar-refractivity contribution in [3.8, 4) is 0 Å². The van der Waals surface area contributed by atoms with E-state index < -0.39 is 0 Å². The summed E-state index contributed by atoms with van der Waals surface area (Å²) in [7, 11) is 0. The summed E-state index contributed by atoms with van der Waals surface area (Å²) >= 11 is 1.46. The number of aromatic nitrogens is 2. The highest BCUT2D eigenvalue weighted by atomic mass is 32.1. The van der Waals surface area contributed by atoms with E-state index in [0.29, 0.717) is 11.5 Å². The number of nitrogens with one attached hydrogen (secondary N) is 1. The van der Waals surface area contributed by atoms with Crippen molar-refractivity contribution in [2.75, 3.05) is 5.32 Å². The van der Waals surface area contributed by atoms with Gasteiger partial charge in [0.15, 0.2) is 0 Å². The molecule has 1 unspecified atom stereocenters. The van der Waals surface area contributed by atoms with E-state index >= 15 is 0 Å². The van der Waals surface area contributed by atoms with Crippen molar-refractivity contribution in [3.05, 3.63) is 5.82 Å². The van der Waals surface area contributed by atoms with Crippen molar-refractivity contribution in [3.63, 3.8) is 0 Å². The highest BCUT2D eigenvalue weighted by molar-refractivity contribution is 7.09. The maximum absolute atomic E-state index is 4.29. The first-order chi connectivity index (χ1) is 6.08. The number of hydrogen-bond acceptors (Lipinski definition) is 4. The SMILES string of the molecule is Cc1nsc(NC2CCC2(C)C)n1. The highest BCUT2D eigenvalue weighted by Gasteiger charge is 2.38. The molecule has 0 amide bonds. The molecule has 1 aliphatic carbocycles. The predicted molar refractivity (Wildman–Crippen MR) is 55.1 cm³/mol. The molecule has 1 saturated carbocycles. The van der Waals surface area contributed by atoms with Gasteiger partial charge in [0.1, 0.15) is 5.82 Å². The largest absolute Gasteiger partial charge is 0.357 e. The summed E-state index contributed by atoms with van der Waals surface area (Å²) in [5.74, 6) is 0.865. The van der Waals surface area contributed by atoms with Crippen LogP contribution in [-0.2, 0) is 0 Å². The van der Waals surface area contributed by atoms with Gasteiger partial charge >= 0.3 is 0 Å². The van der Waals surface area contributed by atoms with Crippen LogP contribution in [0.5, 0.6) is 0 Å². The summed E-state index contributed by atoms with van der Waals surface area (Å²) in [4.78, 5) is 4.29. The van der Waals surface area contributed by atoms with Gasteiger partial charge in [-0.3, -0.25) is 0 Å². The molecule has 0 aliphatic heterocycles. The van der Waals surface area contributed by atoms with E-state index in [0.717, 1.165) is 11.0 Å². The molecular formula is C9H15N3S. The maximum Gasteiger partial charge on any atom is 0.202 e.